The Kier molecular flexibility index (Phi) is 4.64. The van der Waals surface area contributed by atoms with Gasteiger partial charge in [-0.05, 0) is 73.5 Å². The van der Waals surface area contributed by atoms with Crippen LogP contribution in [0.4, 0.5) is 5.82 Å². The van der Waals surface area contributed by atoms with Crippen LogP contribution in [0.5, 0.6) is 0 Å². The van der Waals surface area contributed by atoms with Crippen molar-refractivity contribution in [2.75, 3.05) is 13.2 Å². The van der Waals surface area contributed by atoms with Crippen LogP contribution in [0, 0.1) is 11.8 Å². The van der Waals surface area contributed by atoms with E-state index in [1.165, 1.54) is 42.5 Å². The lowest BCUT2D eigenvalue weighted by molar-refractivity contribution is 0.0423. The molecule has 1 aliphatic heterocycles. The first kappa shape index (κ1) is 18.3. The van der Waals surface area contributed by atoms with Gasteiger partial charge in [-0.1, -0.05) is 24.3 Å². The molecule has 0 radical (unpaired) electrons. The van der Waals surface area contributed by atoms with Crippen LogP contribution < -0.4 is 0 Å². The Balaban J connectivity index is 1.36. The number of H-pyrrole nitrogens is 1. The van der Waals surface area contributed by atoms with E-state index in [1.54, 1.807) is 6.33 Å². The maximum atomic E-state index is 5.65. The van der Waals surface area contributed by atoms with E-state index >= 15 is 0 Å². The number of rotatable bonds is 4. The number of benzene rings is 1. The topological polar surface area (TPSA) is 63.2 Å². The van der Waals surface area contributed by atoms with Gasteiger partial charge in [-0.25, -0.2) is 15.0 Å². The van der Waals surface area contributed by atoms with Crippen LogP contribution in [-0.4, -0.2) is 34.4 Å². The molecule has 1 saturated heterocycles. The van der Waals surface area contributed by atoms with Gasteiger partial charge < -0.3 is 9.72 Å². The Morgan fingerprint density at radius 2 is 1.90 bits per heavy atom. The maximum absolute atomic E-state index is 5.65. The minimum absolute atomic E-state index is 0.338. The summed E-state index contributed by atoms with van der Waals surface area (Å²) in [4.78, 5) is 17.4. The van der Waals surface area contributed by atoms with E-state index in [9.17, 15) is 0 Å². The Labute approximate surface area is 177 Å². The molecule has 154 valence electrons. The van der Waals surface area contributed by atoms with Crippen LogP contribution in [0.15, 0.2) is 41.7 Å². The number of aryl methyl sites for hydroxylation is 1. The summed E-state index contributed by atoms with van der Waals surface area (Å²) in [5.74, 6) is 3.13. The van der Waals surface area contributed by atoms with Gasteiger partial charge in [0, 0.05) is 31.0 Å². The van der Waals surface area contributed by atoms with Crippen LogP contribution in [0.1, 0.15) is 60.8 Å². The molecular weight excluding hydrogens is 372 g/mol. The van der Waals surface area contributed by atoms with Gasteiger partial charge in [0.25, 0.3) is 0 Å². The van der Waals surface area contributed by atoms with Crippen molar-refractivity contribution in [3.63, 3.8) is 0 Å². The van der Waals surface area contributed by atoms with Crippen molar-refractivity contribution in [1.82, 2.24) is 15.0 Å². The van der Waals surface area contributed by atoms with Crippen molar-refractivity contribution in [3.05, 3.63) is 53.5 Å². The number of aromatic nitrogens is 3. The van der Waals surface area contributed by atoms with Gasteiger partial charge in [-0.3, -0.25) is 0 Å². The third-order valence-corrected chi connectivity index (χ3v) is 7.29. The second-order valence-electron chi connectivity index (χ2n) is 9.11. The highest BCUT2D eigenvalue weighted by Crippen LogP contribution is 2.43. The molecule has 2 aliphatic carbocycles. The molecule has 1 aromatic carbocycles. The molecule has 3 heterocycles. The molecule has 1 unspecified atom stereocenters. The summed E-state index contributed by atoms with van der Waals surface area (Å²) in [6, 6.07) is 11.1. The van der Waals surface area contributed by atoms with Crippen LogP contribution in [0.2, 0.25) is 0 Å². The molecule has 5 nitrogen and oxygen atoms in total. The van der Waals surface area contributed by atoms with Gasteiger partial charge in [0.1, 0.15) is 12.0 Å². The van der Waals surface area contributed by atoms with Crippen molar-refractivity contribution in [2.45, 2.75) is 50.4 Å². The summed E-state index contributed by atoms with van der Waals surface area (Å²) < 4.78 is 5.65. The molecule has 6 rings (SSSR count). The van der Waals surface area contributed by atoms with Crippen molar-refractivity contribution in [2.24, 2.45) is 16.8 Å². The second kappa shape index (κ2) is 7.62. The quantitative estimate of drug-likeness (QED) is 0.604. The number of nitrogens with zero attached hydrogens (tertiary/aromatic N) is 3. The normalized spacial score (nSPS) is 25.1. The molecule has 0 spiro atoms. The SMILES string of the molecule is C(=Nc1ncnc2[nH]c(C3CC3)cc12)C1c2ccccc2CC[C@H]1C1CCOCC1. The monoisotopic (exact) mass is 400 g/mol. The van der Waals surface area contributed by atoms with Crippen molar-refractivity contribution >= 4 is 23.1 Å². The van der Waals surface area contributed by atoms with E-state index < -0.39 is 0 Å². The van der Waals surface area contributed by atoms with Gasteiger partial charge >= 0.3 is 0 Å². The molecule has 0 bridgehead atoms. The van der Waals surface area contributed by atoms with Gasteiger partial charge in [0.2, 0.25) is 0 Å². The fraction of sp³-hybridized carbons (Fsp3) is 0.480. The third kappa shape index (κ3) is 3.35. The minimum Gasteiger partial charge on any atom is -0.381 e. The minimum atomic E-state index is 0.338. The number of hydrogen-bond acceptors (Lipinski definition) is 4. The molecule has 0 amide bonds. The predicted molar refractivity (Wildman–Crippen MR) is 119 cm³/mol. The van der Waals surface area contributed by atoms with Crippen LogP contribution in [0.25, 0.3) is 11.0 Å². The molecule has 30 heavy (non-hydrogen) atoms. The van der Waals surface area contributed by atoms with Crippen LogP contribution in [0.3, 0.4) is 0 Å². The predicted octanol–water partition coefficient (Wildman–Crippen LogP) is 5.31. The Bertz CT molecular complexity index is 1080. The maximum Gasteiger partial charge on any atom is 0.164 e. The Morgan fingerprint density at radius 1 is 1.03 bits per heavy atom. The van der Waals surface area contributed by atoms with Crippen molar-refractivity contribution in [1.29, 1.82) is 0 Å². The molecule has 1 N–H and O–H groups in total. The smallest absolute Gasteiger partial charge is 0.164 e. The summed E-state index contributed by atoms with van der Waals surface area (Å²) in [6.45, 7) is 1.79. The molecule has 3 aromatic rings. The van der Waals surface area contributed by atoms with Gasteiger partial charge in [-0.2, -0.15) is 0 Å². The van der Waals surface area contributed by atoms with E-state index in [4.69, 9.17) is 9.73 Å². The second-order valence-corrected chi connectivity index (χ2v) is 9.11. The molecule has 2 fully saturated rings. The standard InChI is InChI=1S/C25H28N4O/c1-2-4-19-16(3-1)7-8-20(17-9-11-30-12-10-17)22(19)14-26-24-21-13-23(18-5-6-18)29-25(21)28-15-27-24/h1-4,13-15,17-18,20,22H,5-12H2,(H,27,28,29)/t20-,22?/m0/s1. The number of nitrogens with one attached hydrogen (secondary N) is 1. The highest BCUT2D eigenvalue weighted by atomic mass is 16.5. The van der Waals surface area contributed by atoms with Crippen LogP contribution >= 0.6 is 0 Å². The fourth-order valence-electron chi connectivity index (χ4n) is 5.50. The lowest BCUT2D eigenvalue weighted by Gasteiger charge is -2.38. The number of aromatic amines is 1. The first-order valence-corrected chi connectivity index (χ1v) is 11.4. The number of ether oxygens (including phenoxy) is 1. The lowest BCUT2D eigenvalue weighted by Crippen LogP contribution is -2.32. The number of hydrogen-bond donors (Lipinski definition) is 1. The zero-order valence-corrected chi connectivity index (χ0v) is 17.3. The zero-order valence-electron chi connectivity index (χ0n) is 17.3. The van der Waals surface area contributed by atoms with E-state index in [1.807, 2.05) is 0 Å². The lowest BCUT2D eigenvalue weighted by atomic mass is 9.68. The van der Waals surface area contributed by atoms with E-state index in [-0.39, 0.29) is 0 Å². The van der Waals surface area contributed by atoms with Gasteiger partial charge in [0.05, 0.1) is 5.39 Å². The fourth-order valence-corrected chi connectivity index (χ4v) is 5.50. The average Bonchev–Trinajstić information content (AvgIpc) is 3.56. The van der Waals surface area contributed by atoms with E-state index in [2.05, 4.69) is 51.5 Å². The molecular formula is C25H28N4O. The Hall–Kier alpha value is -2.53. The first-order valence-electron chi connectivity index (χ1n) is 11.4. The van der Waals surface area contributed by atoms with Crippen LogP contribution in [-0.2, 0) is 11.2 Å². The average molecular weight is 401 g/mol. The summed E-state index contributed by atoms with van der Waals surface area (Å²) in [5.41, 5.74) is 5.11. The largest absolute Gasteiger partial charge is 0.381 e. The first-order chi connectivity index (χ1) is 14.9. The van der Waals surface area contributed by atoms with Crippen molar-refractivity contribution in [3.8, 4) is 0 Å². The third-order valence-electron chi connectivity index (χ3n) is 7.29. The van der Waals surface area contributed by atoms with E-state index in [0.29, 0.717) is 23.7 Å². The summed E-state index contributed by atoms with van der Waals surface area (Å²) in [6.07, 6.45) is 11.1. The molecule has 2 atom stereocenters. The highest BCUT2D eigenvalue weighted by Gasteiger charge is 2.34. The van der Waals surface area contributed by atoms with Crippen molar-refractivity contribution < 1.29 is 4.74 Å². The summed E-state index contributed by atoms with van der Waals surface area (Å²) >= 11 is 0. The van der Waals surface area contributed by atoms with Gasteiger partial charge in [0.15, 0.2) is 5.82 Å². The molecule has 5 heteroatoms. The van der Waals surface area contributed by atoms with Gasteiger partial charge in [-0.15, -0.1) is 0 Å². The highest BCUT2D eigenvalue weighted by molar-refractivity contribution is 5.88. The Morgan fingerprint density at radius 3 is 2.77 bits per heavy atom. The summed E-state index contributed by atoms with van der Waals surface area (Å²) in [7, 11) is 0. The number of aliphatic imine (C=N–C) groups is 1. The van der Waals surface area contributed by atoms with E-state index in [0.717, 1.165) is 42.9 Å². The molecule has 3 aliphatic rings. The zero-order chi connectivity index (χ0) is 19.9. The summed E-state index contributed by atoms with van der Waals surface area (Å²) in [5, 5.41) is 1.04. The molecule has 2 aromatic heterocycles. The number of fused-ring (bicyclic) bond motifs is 2. The molecule has 1 saturated carbocycles.